The van der Waals surface area contributed by atoms with E-state index < -0.39 is 11.2 Å². The van der Waals surface area contributed by atoms with E-state index in [1.54, 1.807) is 12.1 Å². The lowest BCUT2D eigenvalue weighted by Crippen LogP contribution is -2.53. The summed E-state index contributed by atoms with van der Waals surface area (Å²) >= 11 is 0. The third-order valence-corrected chi connectivity index (χ3v) is 6.42. The smallest absolute Gasteiger partial charge is 0.134 e. The summed E-state index contributed by atoms with van der Waals surface area (Å²) in [5.74, 6) is 0.820. The Morgan fingerprint density at radius 3 is 2.41 bits per heavy atom. The Kier molecular flexibility index (Phi) is 6.88. The second-order valence-corrected chi connectivity index (χ2v) is 10.1. The molecule has 1 saturated carbocycles. The van der Waals surface area contributed by atoms with Gasteiger partial charge < -0.3 is 19.7 Å². The van der Waals surface area contributed by atoms with Gasteiger partial charge in [-0.15, -0.1) is 0 Å². The van der Waals surface area contributed by atoms with Gasteiger partial charge in [0.15, 0.2) is 0 Å². The van der Waals surface area contributed by atoms with Crippen LogP contribution in [-0.2, 0) is 4.74 Å². The van der Waals surface area contributed by atoms with Gasteiger partial charge in [-0.2, -0.15) is 0 Å². The van der Waals surface area contributed by atoms with Crippen LogP contribution < -0.4 is 4.74 Å². The van der Waals surface area contributed by atoms with Crippen LogP contribution in [0, 0.1) is 17.2 Å². The first-order valence-electron chi connectivity index (χ1n) is 10.7. The summed E-state index contributed by atoms with van der Waals surface area (Å²) in [4.78, 5) is 2.10. The van der Waals surface area contributed by atoms with E-state index >= 15 is 0 Å². The molecule has 6 heteroatoms. The van der Waals surface area contributed by atoms with Gasteiger partial charge in [0.05, 0.1) is 18.8 Å². The van der Waals surface area contributed by atoms with Crippen molar-refractivity contribution in [1.82, 2.24) is 4.90 Å². The van der Waals surface area contributed by atoms with Gasteiger partial charge in [0, 0.05) is 19.6 Å². The van der Waals surface area contributed by atoms with Gasteiger partial charge in [-0.25, -0.2) is 4.39 Å². The Balaban J connectivity index is 1.56. The molecule has 5 nitrogen and oxygen atoms in total. The van der Waals surface area contributed by atoms with Crippen molar-refractivity contribution in [2.45, 2.75) is 57.7 Å². The summed E-state index contributed by atoms with van der Waals surface area (Å²) < 4.78 is 24.4. The molecule has 3 rings (SSSR count). The largest absolute Gasteiger partial charge is 0.490 e. The van der Waals surface area contributed by atoms with Gasteiger partial charge in [0.25, 0.3) is 0 Å². The average Bonchev–Trinajstić information content (AvgIpc) is 2.82. The molecule has 0 amide bonds. The third kappa shape index (κ3) is 6.38. The minimum Gasteiger partial charge on any atom is -0.490 e. The zero-order chi connectivity index (χ0) is 21.1. The Labute approximate surface area is 173 Å². The number of hydrogen-bond acceptors (Lipinski definition) is 5. The van der Waals surface area contributed by atoms with Crippen LogP contribution in [0.2, 0.25) is 0 Å². The summed E-state index contributed by atoms with van der Waals surface area (Å²) in [7, 11) is 0. The van der Waals surface area contributed by atoms with Crippen molar-refractivity contribution in [1.29, 1.82) is 0 Å². The molecule has 1 aromatic carbocycles. The highest BCUT2D eigenvalue weighted by atomic mass is 19.1. The SMILES string of the molecule is CC(C)(C)C1CCC(O)(CN2CCOC[C@](O)(COc3ccc(F)cc3)C2)CC1. The molecule has 0 bridgehead atoms. The Hall–Kier alpha value is -1.21. The van der Waals surface area contributed by atoms with Crippen LogP contribution in [0.4, 0.5) is 4.39 Å². The maximum atomic E-state index is 13.1. The molecule has 0 spiro atoms. The molecule has 29 heavy (non-hydrogen) atoms. The fourth-order valence-corrected chi connectivity index (χ4v) is 4.56. The van der Waals surface area contributed by atoms with Gasteiger partial charge in [0.2, 0.25) is 0 Å². The lowest BCUT2D eigenvalue weighted by atomic mass is 9.68. The highest BCUT2D eigenvalue weighted by molar-refractivity contribution is 5.22. The van der Waals surface area contributed by atoms with Gasteiger partial charge in [0.1, 0.15) is 23.8 Å². The highest BCUT2D eigenvalue weighted by Crippen LogP contribution is 2.41. The van der Waals surface area contributed by atoms with Crippen molar-refractivity contribution in [3.8, 4) is 5.75 Å². The molecular weight excluding hydrogens is 373 g/mol. The van der Waals surface area contributed by atoms with E-state index in [0.717, 1.165) is 25.7 Å². The molecule has 1 aromatic rings. The van der Waals surface area contributed by atoms with Crippen LogP contribution in [0.25, 0.3) is 0 Å². The second kappa shape index (κ2) is 8.88. The number of benzene rings is 1. The molecule has 164 valence electrons. The zero-order valence-corrected chi connectivity index (χ0v) is 18.0. The molecule has 2 aliphatic rings. The molecule has 0 aromatic heterocycles. The molecule has 1 heterocycles. The maximum absolute atomic E-state index is 13.1. The first-order valence-corrected chi connectivity index (χ1v) is 10.7. The van der Waals surface area contributed by atoms with E-state index in [-0.39, 0.29) is 24.4 Å². The monoisotopic (exact) mass is 409 g/mol. The number of nitrogens with zero attached hydrogens (tertiary/aromatic N) is 1. The van der Waals surface area contributed by atoms with Crippen molar-refractivity contribution in [2.24, 2.45) is 11.3 Å². The van der Waals surface area contributed by atoms with Crippen LogP contribution in [0.1, 0.15) is 46.5 Å². The number of rotatable bonds is 5. The molecule has 1 saturated heterocycles. The fourth-order valence-electron chi connectivity index (χ4n) is 4.56. The van der Waals surface area contributed by atoms with E-state index in [4.69, 9.17) is 9.47 Å². The van der Waals surface area contributed by atoms with E-state index in [1.807, 2.05) is 0 Å². The summed E-state index contributed by atoms with van der Waals surface area (Å²) in [6.07, 6.45) is 3.64. The molecule has 2 N–H and O–H groups in total. The quantitative estimate of drug-likeness (QED) is 0.782. The van der Waals surface area contributed by atoms with Crippen LogP contribution in [0.5, 0.6) is 5.75 Å². The number of halogens is 1. The van der Waals surface area contributed by atoms with Crippen molar-refractivity contribution < 1.29 is 24.1 Å². The van der Waals surface area contributed by atoms with Crippen LogP contribution in [0.15, 0.2) is 24.3 Å². The lowest BCUT2D eigenvalue weighted by Gasteiger charge is -2.43. The van der Waals surface area contributed by atoms with Gasteiger partial charge >= 0.3 is 0 Å². The lowest BCUT2D eigenvalue weighted by molar-refractivity contribution is -0.0807. The molecule has 0 radical (unpaired) electrons. The van der Waals surface area contributed by atoms with Crippen LogP contribution in [-0.4, -0.2) is 65.8 Å². The molecule has 1 atom stereocenters. The molecule has 0 unspecified atom stereocenters. The average molecular weight is 410 g/mol. The maximum Gasteiger partial charge on any atom is 0.134 e. The van der Waals surface area contributed by atoms with Gasteiger partial charge in [-0.3, -0.25) is 4.90 Å². The standard InChI is InChI=1S/C23H36FNO4/c1-21(2,3)18-8-10-22(26,11-9-18)14-25-12-13-28-16-23(27,15-25)17-29-20-6-4-19(24)5-7-20/h4-7,18,26-27H,8-17H2,1-3H3/t18?,22?,23-/m0/s1. The van der Waals surface area contributed by atoms with Crippen molar-refractivity contribution in [3.05, 3.63) is 30.1 Å². The van der Waals surface area contributed by atoms with Gasteiger partial charge in [-0.1, -0.05) is 20.8 Å². The van der Waals surface area contributed by atoms with E-state index in [0.29, 0.717) is 37.9 Å². The van der Waals surface area contributed by atoms with Crippen molar-refractivity contribution >= 4 is 0 Å². The Morgan fingerprint density at radius 1 is 1.14 bits per heavy atom. The summed E-state index contributed by atoms with van der Waals surface area (Å²) in [6.45, 7) is 9.14. The summed E-state index contributed by atoms with van der Waals surface area (Å²) in [6, 6.07) is 5.76. The molecule has 2 fully saturated rings. The first-order chi connectivity index (χ1) is 13.6. The fraction of sp³-hybridized carbons (Fsp3) is 0.739. The molecular formula is C23H36FNO4. The molecule has 1 aliphatic heterocycles. The summed E-state index contributed by atoms with van der Waals surface area (Å²) in [5.41, 5.74) is -1.62. The minimum atomic E-state index is -1.18. The zero-order valence-electron chi connectivity index (χ0n) is 18.0. The van der Waals surface area contributed by atoms with E-state index in [2.05, 4.69) is 25.7 Å². The third-order valence-electron chi connectivity index (χ3n) is 6.42. The summed E-state index contributed by atoms with van der Waals surface area (Å²) in [5, 5.41) is 22.2. The number of hydrogen-bond donors (Lipinski definition) is 2. The normalized spacial score (nSPS) is 32.0. The Morgan fingerprint density at radius 2 is 1.79 bits per heavy atom. The minimum absolute atomic E-state index is 0.0552. The number of ether oxygens (including phenoxy) is 2. The van der Waals surface area contributed by atoms with Crippen molar-refractivity contribution in [2.75, 3.05) is 39.5 Å². The number of aliphatic hydroxyl groups is 2. The van der Waals surface area contributed by atoms with Crippen LogP contribution in [0.3, 0.4) is 0 Å². The number of β-amino-alcohol motifs (C(OH)–C–C–N with tert-alkyl or cyclic N) is 2. The predicted octanol–water partition coefficient (Wildman–Crippen LogP) is 3.24. The highest BCUT2D eigenvalue weighted by Gasteiger charge is 2.41. The second-order valence-electron chi connectivity index (χ2n) is 10.1. The van der Waals surface area contributed by atoms with Crippen LogP contribution >= 0.6 is 0 Å². The van der Waals surface area contributed by atoms with E-state index in [9.17, 15) is 14.6 Å². The molecule has 1 aliphatic carbocycles. The Bertz CT molecular complexity index is 652. The predicted molar refractivity (Wildman–Crippen MR) is 110 cm³/mol. The van der Waals surface area contributed by atoms with Gasteiger partial charge in [-0.05, 0) is 61.3 Å². The topological polar surface area (TPSA) is 62.2 Å². The van der Waals surface area contributed by atoms with Crippen molar-refractivity contribution in [3.63, 3.8) is 0 Å². The van der Waals surface area contributed by atoms with E-state index in [1.165, 1.54) is 12.1 Å². The first kappa shape index (κ1) is 22.5.